The Balaban J connectivity index is 2.47. The van der Waals surface area contributed by atoms with Crippen LogP contribution < -0.4 is 10.6 Å². The van der Waals surface area contributed by atoms with Gasteiger partial charge in [0.15, 0.2) is 0 Å². The summed E-state index contributed by atoms with van der Waals surface area (Å²) in [4.78, 5) is 22.3. The van der Waals surface area contributed by atoms with E-state index in [9.17, 15) is 9.59 Å². The highest BCUT2D eigenvalue weighted by atomic mass is 32.1. The molecule has 1 aromatic heterocycles. The standard InChI is InChI=1S/C14H20N2O3S/c1-10(17)15-7-5-6-11-8-12(20-9-11)16-13(18)19-14(2,3)4/h5-6,8-9H,7H2,1-4H3,(H,15,17)(H,16,18). The monoisotopic (exact) mass is 296 g/mol. The fourth-order valence-corrected chi connectivity index (χ4v) is 2.06. The van der Waals surface area contributed by atoms with Gasteiger partial charge in [0.05, 0.1) is 5.00 Å². The fraction of sp³-hybridized carbons (Fsp3) is 0.429. The Morgan fingerprint density at radius 1 is 1.40 bits per heavy atom. The Labute approximate surface area is 123 Å². The Hall–Kier alpha value is -1.82. The number of amides is 2. The highest BCUT2D eigenvalue weighted by Crippen LogP contribution is 2.22. The zero-order valence-electron chi connectivity index (χ0n) is 12.1. The maximum absolute atomic E-state index is 11.6. The lowest BCUT2D eigenvalue weighted by molar-refractivity contribution is -0.118. The van der Waals surface area contributed by atoms with Gasteiger partial charge < -0.3 is 10.1 Å². The molecule has 2 N–H and O–H groups in total. The zero-order chi connectivity index (χ0) is 15.2. The van der Waals surface area contributed by atoms with E-state index in [4.69, 9.17) is 4.74 Å². The predicted molar refractivity (Wildman–Crippen MR) is 81.9 cm³/mol. The molecule has 5 nitrogen and oxygen atoms in total. The maximum Gasteiger partial charge on any atom is 0.412 e. The van der Waals surface area contributed by atoms with Gasteiger partial charge in [0.1, 0.15) is 5.60 Å². The molecule has 1 heterocycles. The molecule has 20 heavy (non-hydrogen) atoms. The summed E-state index contributed by atoms with van der Waals surface area (Å²) in [5.74, 6) is -0.0627. The van der Waals surface area contributed by atoms with E-state index in [1.807, 2.05) is 44.4 Å². The molecule has 0 spiro atoms. The van der Waals surface area contributed by atoms with Gasteiger partial charge in [-0.2, -0.15) is 0 Å². The summed E-state index contributed by atoms with van der Waals surface area (Å²) >= 11 is 1.42. The van der Waals surface area contributed by atoms with Crippen LogP contribution in [0, 0.1) is 0 Å². The maximum atomic E-state index is 11.6. The summed E-state index contributed by atoms with van der Waals surface area (Å²) in [5, 5.41) is 7.98. The molecule has 1 aromatic rings. The molecule has 0 unspecified atom stereocenters. The first-order valence-corrected chi connectivity index (χ1v) is 7.14. The van der Waals surface area contributed by atoms with E-state index >= 15 is 0 Å². The summed E-state index contributed by atoms with van der Waals surface area (Å²) in [5.41, 5.74) is 0.453. The Morgan fingerprint density at radius 2 is 2.10 bits per heavy atom. The number of nitrogens with one attached hydrogen (secondary N) is 2. The minimum absolute atomic E-state index is 0.0627. The van der Waals surface area contributed by atoms with Gasteiger partial charge in [0, 0.05) is 18.8 Å². The van der Waals surface area contributed by atoms with Crippen molar-refractivity contribution in [3.63, 3.8) is 0 Å². The first kappa shape index (κ1) is 16.2. The highest BCUT2D eigenvalue weighted by Gasteiger charge is 2.16. The normalized spacial score (nSPS) is 11.4. The van der Waals surface area contributed by atoms with Crippen LogP contribution in [0.2, 0.25) is 0 Å². The molecule has 0 aromatic carbocycles. The van der Waals surface area contributed by atoms with Crippen LogP contribution >= 0.6 is 11.3 Å². The van der Waals surface area contributed by atoms with Crippen LogP contribution in [-0.2, 0) is 9.53 Å². The molecule has 0 saturated heterocycles. The van der Waals surface area contributed by atoms with Crippen molar-refractivity contribution in [2.45, 2.75) is 33.3 Å². The lowest BCUT2D eigenvalue weighted by Crippen LogP contribution is -2.26. The molecule has 110 valence electrons. The van der Waals surface area contributed by atoms with Gasteiger partial charge in [-0.1, -0.05) is 12.2 Å². The first-order valence-electron chi connectivity index (χ1n) is 6.26. The van der Waals surface area contributed by atoms with Gasteiger partial charge >= 0.3 is 6.09 Å². The van der Waals surface area contributed by atoms with Crippen LogP contribution in [0.15, 0.2) is 17.5 Å². The quantitative estimate of drug-likeness (QED) is 0.896. The SMILES string of the molecule is CC(=O)NCC=Cc1csc(NC(=O)OC(C)(C)C)c1. The highest BCUT2D eigenvalue weighted by molar-refractivity contribution is 7.14. The zero-order valence-corrected chi connectivity index (χ0v) is 13.0. The molecule has 0 aliphatic heterocycles. The van der Waals surface area contributed by atoms with E-state index in [0.717, 1.165) is 10.6 Å². The summed E-state index contributed by atoms with van der Waals surface area (Å²) in [6.45, 7) is 7.41. The van der Waals surface area contributed by atoms with E-state index in [1.54, 1.807) is 0 Å². The smallest absolute Gasteiger partial charge is 0.412 e. The number of carbonyl (C=O) groups is 2. The third-order valence-electron chi connectivity index (χ3n) is 2.02. The predicted octanol–water partition coefficient (Wildman–Crippen LogP) is 3.24. The molecule has 0 aliphatic rings. The molecule has 0 saturated carbocycles. The summed E-state index contributed by atoms with van der Waals surface area (Å²) in [6, 6.07) is 1.85. The number of carbonyl (C=O) groups excluding carboxylic acids is 2. The van der Waals surface area contributed by atoms with Crippen LogP contribution in [-0.4, -0.2) is 24.1 Å². The van der Waals surface area contributed by atoms with Crippen molar-refractivity contribution < 1.29 is 14.3 Å². The van der Waals surface area contributed by atoms with Crippen molar-refractivity contribution in [1.29, 1.82) is 0 Å². The van der Waals surface area contributed by atoms with Gasteiger partial charge in [-0.3, -0.25) is 10.1 Å². The molecule has 0 radical (unpaired) electrons. The number of hydrogen-bond acceptors (Lipinski definition) is 4. The average Bonchev–Trinajstić information content (AvgIpc) is 2.69. The van der Waals surface area contributed by atoms with E-state index in [2.05, 4.69) is 10.6 Å². The largest absolute Gasteiger partial charge is 0.444 e. The third-order valence-corrected chi connectivity index (χ3v) is 2.89. The molecule has 6 heteroatoms. The molecule has 0 bridgehead atoms. The second kappa shape index (κ2) is 7.09. The number of rotatable bonds is 4. The van der Waals surface area contributed by atoms with Crippen molar-refractivity contribution in [1.82, 2.24) is 5.32 Å². The molecule has 0 fully saturated rings. The van der Waals surface area contributed by atoms with Crippen LogP contribution in [0.3, 0.4) is 0 Å². The molecular weight excluding hydrogens is 276 g/mol. The minimum Gasteiger partial charge on any atom is -0.444 e. The lowest BCUT2D eigenvalue weighted by Gasteiger charge is -2.19. The van der Waals surface area contributed by atoms with E-state index in [0.29, 0.717) is 6.54 Å². The van der Waals surface area contributed by atoms with Crippen molar-refractivity contribution >= 4 is 34.4 Å². The third kappa shape index (κ3) is 6.94. The first-order chi connectivity index (χ1) is 9.26. The van der Waals surface area contributed by atoms with Crippen molar-refractivity contribution in [3.05, 3.63) is 23.1 Å². The number of ether oxygens (including phenoxy) is 1. The average molecular weight is 296 g/mol. The van der Waals surface area contributed by atoms with Gasteiger partial charge in [-0.05, 0) is 32.4 Å². The van der Waals surface area contributed by atoms with Crippen LogP contribution in [0.25, 0.3) is 6.08 Å². The van der Waals surface area contributed by atoms with E-state index in [-0.39, 0.29) is 5.91 Å². The van der Waals surface area contributed by atoms with Crippen LogP contribution in [0.1, 0.15) is 33.3 Å². The molecule has 2 amide bonds. The Bertz CT molecular complexity index is 501. The lowest BCUT2D eigenvalue weighted by atomic mass is 10.2. The number of thiophene rings is 1. The Morgan fingerprint density at radius 3 is 2.70 bits per heavy atom. The second-order valence-corrected chi connectivity index (χ2v) is 6.12. The summed E-state index contributed by atoms with van der Waals surface area (Å²) < 4.78 is 5.17. The van der Waals surface area contributed by atoms with Crippen molar-refractivity contribution in [2.24, 2.45) is 0 Å². The minimum atomic E-state index is -0.511. The van der Waals surface area contributed by atoms with Crippen LogP contribution in [0.5, 0.6) is 0 Å². The number of hydrogen-bond donors (Lipinski definition) is 2. The van der Waals surface area contributed by atoms with Gasteiger partial charge in [0.2, 0.25) is 5.91 Å². The van der Waals surface area contributed by atoms with E-state index < -0.39 is 11.7 Å². The summed E-state index contributed by atoms with van der Waals surface area (Å²) in [7, 11) is 0. The molecule has 1 rings (SSSR count). The Kier molecular flexibility index (Phi) is 5.76. The molecule has 0 aliphatic carbocycles. The topological polar surface area (TPSA) is 67.4 Å². The van der Waals surface area contributed by atoms with Crippen molar-refractivity contribution in [2.75, 3.05) is 11.9 Å². The fourth-order valence-electron chi connectivity index (χ4n) is 1.31. The van der Waals surface area contributed by atoms with E-state index in [1.165, 1.54) is 18.3 Å². The van der Waals surface area contributed by atoms with Gasteiger partial charge in [-0.25, -0.2) is 4.79 Å². The molecule has 0 atom stereocenters. The van der Waals surface area contributed by atoms with Crippen molar-refractivity contribution in [3.8, 4) is 0 Å². The molecular formula is C14H20N2O3S. The summed E-state index contributed by atoms with van der Waals surface area (Å²) in [6.07, 6.45) is 3.26. The van der Waals surface area contributed by atoms with Gasteiger partial charge in [0.25, 0.3) is 0 Å². The van der Waals surface area contributed by atoms with Gasteiger partial charge in [-0.15, -0.1) is 11.3 Å². The second-order valence-electron chi connectivity index (χ2n) is 5.21. The number of anilines is 1. The van der Waals surface area contributed by atoms with Crippen LogP contribution in [0.4, 0.5) is 9.80 Å².